The Morgan fingerprint density at radius 3 is 2.71 bits per heavy atom. The minimum atomic E-state index is -0.302. The van der Waals surface area contributed by atoms with E-state index in [1.165, 1.54) is 24.3 Å². The van der Waals surface area contributed by atoms with Crippen LogP contribution in [0.3, 0.4) is 0 Å². The van der Waals surface area contributed by atoms with Crippen molar-refractivity contribution in [3.63, 3.8) is 0 Å². The van der Waals surface area contributed by atoms with Crippen molar-refractivity contribution in [3.05, 3.63) is 88.9 Å². The number of aromatic nitrogens is 4. The molecule has 4 aromatic rings. The number of amides is 1. The van der Waals surface area contributed by atoms with Crippen molar-refractivity contribution in [2.45, 2.75) is 32.1 Å². The monoisotopic (exact) mass is 461 g/mol. The first-order valence-corrected chi connectivity index (χ1v) is 11.4. The molecule has 0 atom stereocenters. The van der Waals surface area contributed by atoms with Crippen molar-refractivity contribution in [2.75, 3.05) is 13.6 Å². The lowest BCUT2D eigenvalue weighted by Gasteiger charge is -2.16. The van der Waals surface area contributed by atoms with E-state index in [1.54, 1.807) is 34.8 Å². The van der Waals surface area contributed by atoms with Crippen LogP contribution in [0.4, 0.5) is 8.78 Å². The van der Waals surface area contributed by atoms with E-state index < -0.39 is 0 Å². The Hall–Kier alpha value is -3.81. The Kier molecular flexibility index (Phi) is 5.96. The number of aromatic amines is 1. The molecule has 0 spiro atoms. The maximum absolute atomic E-state index is 13.5. The molecule has 8 heteroatoms. The van der Waals surface area contributed by atoms with Crippen LogP contribution in [-0.4, -0.2) is 44.4 Å². The number of H-pyrrole nitrogens is 1. The molecule has 5 rings (SSSR count). The SMILES string of the molecule is CN(CCCc1cc(-c2cccc(F)c2)n[nH]1)C(=O)c1nn(-c2ccc(F)cc2)c2c1CCC2. The molecule has 0 aliphatic heterocycles. The number of nitrogens with zero attached hydrogens (tertiary/aromatic N) is 4. The van der Waals surface area contributed by atoms with Crippen LogP contribution in [0.2, 0.25) is 0 Å². The Bertz CT molecular complexity index is 1330. The summed E-state index contributed by atoms with van der Waals surface area (Å²) in [4.78, 5) is 14.9. The summed E-state index contributed by atoms with van der Waals surface area (Å²) in [7, 11) is 1.78. The third-order valence-corrected chi connectivity index (χ3v) is 6.24. The van der Waals surface area contributed by atoms with Crippen LogP contribution in [0, 0.1) is 11.6 Å². The van der Waals surface area contributed by atoms with Gasteiger partial charge in [-0.15, -0.1) is 0 Å². The van der Waals surface area contributed by atoms with Crippen molar-refractivity contribution >= 4 is 5.91 Å². The van der Waals surface area contributed by atoms with Crippen molar-refractivity contribution in [1.29, 1.82) is 0 Å². The summed E-state index contributed by atoms with van der Waals surface area (Å²) in [5.74, 6) is -0.705. The number of halogens is 2. The average Bonchev–Trinajstić information content (AvgIpc) is 3.56. The summed E-state index contributed by atoms with van der Waals surface area (Å²) in [5, 5.41) is 11.9. The fourth-order valence-electron chi connectivity index (χ4n) is 4.48. The van der Waals surface area contributed by atoms with Gasteiger partial charge >= 0.3 is 0 Å². The molecular weight excluding hydrogens is 436 g/mol. The molecule has 1 aliphatic rings. The number of aryl methyl sites for hydroxylation is 1. The van der Waals surface area contributed by atoms with E-state index in [9.17, 15) is 13.6 Å². The molecule has 0 saturated heterocycles. The molecule has 1 aliphatic carbocycles. The number of fused-ring (bicyclic) bond motifs is 1. The number of carbonyl (C=O) groups excluding carboxylic acids is 1. The number of hydrogen-bond donors (Lipinski definition) is 1. The molecule has 0 bridgehead atoms. The van der Waals surface area contributed by atoms with E-state index in [1.807, 2.05) is 12.1 Å². The molecule has 1 N–H and O–H groups in total. The lowest BCUT2D eigenvalue weighted by molar-refractivity contribution is 0.0786. The van der Waals surface area contributed by atoms with Crippen molar-refractivity contribution in [2.24, 2.45) is 0 Å². The lowest BCUT2D eigenvalue weighted by Crippen LogP contribution is -2.29. The Balaban J connectivity index is 1.24. The van der Waals surface area contributed by atoms with Crippen molar-refractivity contribution in [3.8, 4) is 16.9 Å². The summed E-state index contributed by atoms with van der Waals surface area (Å²) < 4.78 is 28.6. The van der Waals surface area contributed by atoms with Gasteiger partial charge in [0.05, 0.1) is 11.4 Å². The van der Waals surface area contributed by atoms with Crippen LogP contribution in [0.25, 0.3) is 16.9 Å². The van der Waals surface area contributed by atoms with Gasteiger partial charge < -0.3 is 4.90 Å². The predicted octanol–water partition coefficient (Wildman–Crippen LogP) is 4.73. The molecule has 2 aromatic heterocycles. The normalized spacial score (nSPS) is 12.7. The second-order valence-corrected chi connectivity index (χ2v) is 8.63. The highest BCUT2D eigenvalue weighted by Crippen LogP contribution is 2.28. The van der Waals surface area contributed by atoms with E-state index in [0.717, 1.165) is 53.9 Å². The first kappa shape index (κ1) is 22.0. The van der Waals surface area contributed by atoms with Crippen LogP contribution in [0.1, 0.15) is 40.3 Å². The van der Waals surface area contributed by atoms with Crippen LogP contribution < -0.4 is 0 Å². The zero-order valence-corrected chi connectivity index (χ0v) is 18.9. The van der Waals surface area contributed by atoms with Crippen LogP contribution in [-0.2, 0) is 19.3 Å². The van der Waals surface area contributed by atoms with Gasteiger partial charge in [-0.2, -0.15) is 10.2 Å². The first-order chi connectivity index (χ1) is 16.5. The number of hydrogen-bond acceptors (Lipinski definition) is 3. The van der Waals surface area contributed by atoms with E-state index in [0.29, 0.717) is 24.4 Å². The highest BCUT2D eigenvalue weighted by atomic mass is 19.1. The van der Waals surface area contributed by atoms with E-state index >= 15 is 0 Å². The van der Waals surface area contributed by atoms with Gasteiger partial charge in [-0.3, -0.25) is 9.89 Å². The standard InChI is InChI=1S/C26H25F2N5O/c1-32(14-4-7-20-16-23(30-29-20)17-5-2-6-19(28)15-17)26(34)25-22-8-3-9-24(22)33(31-25)21-12-10-18(27)11-13-21/h2,5-6,10-13,15-16H,3-4,7-9,14H2,1H3,(H,29,30). The minimum Gasteiger partial charge on any atom is -0.340 e. The molecule has 174 valence electrons. The average molecular weight is 462 g/mol. The predicted molar refractivity (Wildman–Crippen MR) is 125 cm³/mol. The molecule has 2 aromatic carbocycles. The number of carbonyl (C=O) groups is 1. The van der Waals surface area contributed by atoms with Crippen LogP contribution in [0.5, 0.6) is 0 Å². The van der Waals surface area contributed by atoms with E-state index in [4.69, 9.17) is 0 Å². The molecule has 0 radical (unpaired) electrons. The minimum absolute atomic E-state index is 0.107. The van der Waals surface area contributed by atoms with Gasteiger partial charge in [0.2, 0.25) is 0 Å². The van der Waals surface area contributed by atoms with Crippen molar-refractivity contribution in [1.82, 2.24) is 24.9 Å². The third kappa shape index (κ3) is 4.35. The molecule has 1 amide bonds. The second kappa shape index (κ2) is 9.21. The molecular formula is C26H25F2N5O. The topological polar surface area (TPSA) is 66.8 Å². The van der Waals surface area contributed by atoms with Gasteiger partial charge in [-0.1, -0.05) is 12.1 Å². The van der Waals surface area contributed by atoms with Gasteiger partial charge in [-0.05, 0) is 74.6 Å². The maximum Gasteiger partial charge on any atom is 0.274 e. The zero-order chi connectivity index (χ0) is 23.7. The summed E-state index contributed by atoms with van der Waals surface area (Å²) in [5.41, 5.74) is 5.62. The number of rotatable bonds is 7. The smallest absolute Gasteiger partial charge is 0.274 e. The second-order valence-electron chi connectivity index (χ2n) is 8.63. The van der Waals surface area contributed by atoms with Gasteiger partial charge in [-0.25, -0.2) is 13.5 Å². The maximum atomic E-state index is 13.5. The van der Waals surface area contributed by atoms with Crippen LogP contribution >= 0.6 is 0 Å². The fraction of sp³-hybridized carbons (Fsp3) is 0.269. The largest absolute Gasteiger partial charge is 0.340 e. The van der Waals surface area contributed by atoms with Gasteiger partial charge in [0.25, 0.3) is 5.91 Å². The van der Waals surface area contributed by atoms with E-state index in [-0.39, 0.29) is 17.5 Å². The Morgan fingerprint density at radius 1 is 1.09 bits per heavy atom. The van der Waals surface area contributed by atoms with Crippen LogP contribution in [0.15, 0.2) is 54.6 Å². The summed E-state index contributed by atoms with van der Waals surface area (Å²) in [6.45, 7) is 0.561. The summed E-state index contributed by atoms with van der Waals surface area (Å²) in [6.07, 6.45) is 4.11. The number of benzene rings is 2. The molecule has 34 heavy (non-hydrogen) atoms. The Labute approximate surface area is 196 Å². The highest BCUT2D eigenvalue weighted by Gasteiger charge is 2.28. The molecule has 6 nitrogen and oxygen atoms in total. The quantitative estimate of drug-likeness (QED) is 0.433. The summed E-state index contributed by atoms with van der Waals surface area (Å²) in [6, 6.07) is 14.4. The van der Waals surface area contributed by atoms with Gasteiger partial charge in [0, 0.05) is 36.1 Å². The van der Waals surface area contributed by atoms with Crippen molar-refractivity contribution < 1.29 is 13.6 Å². The number of nitrogens with one attached hydrogen (secondary N) is 1. The summed E-state index contributed by atoms with van der Waals surface area (Å²) >= 11 is 0. The highest BCUT2D eigenvalue weighted by molar-refractivity contribution is 5.94. The van der Waals surface area contributed by atoms with Gasteiger partial charge in [0.1, 0.15) is 11.6 Å². The molecule has 0 fully saturated rings. The molecule has 0 unspecified atom stereocenters. The Morgan fingerprint density at radius 2 is 1.91 bits per heavy atom. The zero-order valence-electron chi connectivity index (χ0n) is 18.9. The molecule has 0 saturated carbocycles. The van der Waals surface area contributed by atoms with Gasteiger partial charge in [0.15, 0.2) is 5.69 Å². The lowest BCUT2D eigenvalue weighted by atomic mass is 10.1. The first-order valence-electron chi connectivity index (χ1n) is 11.4. The third-order valence-electron chi connectivity index (χ3n) is 6.24. The molecule has 2 heterocycles. The fourth-order valence-corrected chi connectivity index (χ4v) is 4.48. The van der Waals surface area contributed by atoms with E-state index in [2.05, 4.69) is 15.3 Å².